The molecule has 0 aromatic rings. The number of carbonyl (C=O) groups excluding carboxylic acids is 1. The molecule has 0 aliphatic heterocycles. The quantitative estimate of drug-likeness (QED) is 0.500. The van der Waals surface area contributed by atoms with Crippen LogP contribution in [0.3, 0.4) is 0 Å². The molecule has 0 radical (unpaired) electrons. The molecular weight excluding hydrogens is 124 g/mol. The fraction of sp³-hybridized carbons (Fsp3) is 0.889. The van der Waals surface area contributed by atoms with Crippen molar-refractivity contribution in [3.8, 4) is 0 Å². The van der Waals surface area contributed by atoms with E-state index in [0.717, 1.165) is 12.3 Å². The minimum absolute atomic E-state index is 0.481. The molecule has 2 rings (SSSR count). The Morgan fingerprint density at radius 1 is 1.40 bits per heavy atom. The van der Waals surface area contributed by atoms with Crippen LogP contribution in [0.25, 0.3) is 0 Å². The molecule has 0 amide bonds. The van der Waals surface area contributed by atoms with E-state index in [0.29, 0.717) is 17.6 Å². The molecule has 0 aromatic heterocycles. The zero-order valence-corrected chi connectivity index (χ0v) is 6.47. The minimum Gasteiger partial charge on any atom is -0.299 e. The van der Waals surface area contributed by atoms with Gasteiger partial charge in [-0.05, 0) is 24.7 Å². The van der Waals surface area contributed by atoms with Gasteiger partial charge >= 0.3 is 0 Å². The van der Waals surface area contributed by atoms with E-state index in [1.54, 1.807) is 0 Å². The summed E-state index contributed by atoms with van der Waals surface area (Å²) < 4.78 is 0. The van der Waals surface area contributed by atoms with Crippen molar-refractivity contribution in [2.24, 2.45) is 17.8 Å². The van der Waals surface area contributed by atoms with Crippen molar-refractivity contribution in [3.05, 3.63) is 0 Å². The SMILES string of the molecule is C[C@H]1CC(=O)[C@@H]2CCC[C@H]12. The second-order valence-corrected chi connectivity index (χ2v) is 3.85. The molecule has 0 unspecified atom stereocenters. The fourth-order valence-electron chi connectivity index (χ4n) is 2.69. The zero-order chi connectivity index (χ0) is 7.14. The van der Waals surface area contributed by atoms with Gasteiger partial charge < -0.3 is 0 Å². The summed E-state index contributed by atoms with van der Waals surface area (Å²) in [7, 11) is 0. The van der Waals surface area contributed by atoms with Gasteiger partial charge in [-0.1, -0.05) is 13.3 Å². The average molecular weight is 138 g/mol. The summed E-state index contributed by atoms with van der Waals surface area (Å²) >= 11 is 0. The van der Waals surface area contributed by atoms with Gasteiger partial charge in [-0.25, -0.2) is 0 Å². The van der Waals surface area contributed by atoms with Crippen LogP contribution in [0, 0.1) is 17.8 Å². The molecule has 3 atom stereocenters. The third-order valence-corrected chi connectivity index (χ3v) is 3.24. The van der Waals surface area contributed by atoms with E-state index in [4.69, 9.17) is 0 Å². The van der Waals surface area contributed by atoms with E-state index < -0.39 is 0 Å². The summed E-state index contributed by atoms with van der Waals surface area (Å²) in [5.74, 6) is 2.50. The molecule has 1 heteroatoms. The van der Waals surface area contributed by atoms with Gasteiger partial charge in [0, 0.05) is 12.3 Å². The van der Waals surface area contributed by atoms with Crippen molar-refractivity contribution in [2.45, 2.75) is 32.6 Å². The summed E-state index contributed by atoms with van der Waals surface area (Å²) in [5, 5.41) is 0. The average Bonchev–Trinajstić information content (AvgIpc) is 2.39. The monoisotopic (exact) mass is 138 g/mol. The Bertz CT molecular complexity index is 162. The maximum absolute atomic E-state index is 11.3. The summed E-state index contributed by atoms with van der Waals surface area (Å²) in [4.78, 5) is 11.3. The Kier molecular flexibility index (Phi) is 1.33. The van der Waals surface area contributed by atoms with Crippen LogP contribution in [0.2, 0.25) is 0 Å². The predicted molar refractivity (Wildman–Crippen MR) is 39.6 cm³/mol. The summed E-state index contributed by atoms with van der Waals surface area (Å²) in [6.45, 7) is 2.23. The summed E-state index contributed by atoms with van der Waals surface area (Å²) in [6, 6.07) is 0. The number of rotatable bonds is 0. The van der Waals surface area contributed by atoms with Crippen molar-refractivity contribution >= 4 is 5.78 Å². The molecule has 0 aromatic carbocycles. The van der Waals surface area contributed by atoms with Crippen LogP contribution in [0.15, 0.2) is 0 Å². The maximum Gasteiger partial charge on any atom is 0.136 e. The molecule has 2 aliphatic rings. The van der Waals surface area contributed by atoms with E-state index in [1.807, 2.05) is 0 Å². The Morgan fingerprint density at radius 2 is 2.20 bits per heavy atom. The lowest BCUT2D eigenvalue weighted by atomic mass is 9.94. The number of Topliss-reactive ketones (excluding diaryl/α,β-unsaturated/α-hetero) is 1. The topological polar surface area (TPSA) is 17.1 Å². The van der Waals surface area contributed by atoms with Gasteiger partial charge in [0.25, 0.3) is 0 Å². The zero-order valence-electron chi connectivity index (χ0n) is 6.47. The van der Waals surface area contributed by atoms with Crippen molar-refractivity contribution in [1.82, 2.24) is 0 Å². The normalized spacial score (nSPS) is 46.1. The van der Waals surface area contributed by atoms with Crippen LogP contribution < -0.4 is 0 Å². The van der Waals surface area contributed by atoms with Crippen LogP contribution >= 0.6 is 0 Å². The van der Waals surface area contributed by atoms with E-state index in [9.17, 15) is 4.79 Å². The molecule has 0 saturated heterocycles. The molecule has 0 N–H and O–H groups in total. The van der Waals surface area contributed by atoms with Crippen molar-refractivity contribution < 1.29 is 4.79 Å². The molecule has 56 valence electrons. The highest BCUT2D eigenvalue weighted by atomic mass is 16.1. The first-order valence-electron chi connectivity index (χ1n) is 4.32. The second kappa shape index (κ2) is 2.08. The minimum atomic E-state index is 0.481. The van der Waals surface area contributed by atoms with E-state index >= 15 is 0 Å². The van der Waals surface area contributed by atoms with Gasteiger partial charge in [0.05, 0.1) is 0 Å². The summed E-state index contributed by atoms with van der Waals surface area (Å²) in [6.07, 6.45) is 4.67. The molecule has 0 heterocycles. The van der Waals surface area contributed by atoms with E-state index in [2.05, 4.69) is 6.92 Å². The Labute approximate surface area is 61.8 Å². The van der Waals surface area contributed by atoms with Crippen molar-refractivity contribution in [2.75, 3.05) is 0 Å². The Morgan fingerprint density at radius 3 is 2.90 bits per heavy atom. The first-order valence-corrected chi connectivity index (χ1v) is 4.32. The maximum atomic E-state index is 11.3. The largest absolute Gasteiger partial charge is 0.299 e. The lowest BCUT2D eigenvalue weighted by molar-refractivity contribution is -0.120. The lowest BCUT2D eigenvalue weighted by Gasteiger charge is -2.10. The highest BCUT2D eigenvalue weighted by Gasteiger charge is 2.42. The van der Waals surface area contributed by atoms with Gasteiger partial charge in [0.15, 0.2) is 0 Å². The number of hydrogen-bond donors (Lipinski definition) is 0. The Balaban J connectivity index is 2.19. The van der Waals surface area contributed by atoms with E-state index in [-0.39, 0.29) is 0 Å². The Hall–Kier alpha value is -0.330. The lowest BCUT2D eigenvalue weighted by Crippen LogP contribution is -2.08. The van der Waals surface area contributed by atoms with Crippen LogP contribution in [0.1, 0.15) is 32.6 Å². The second-order valence-electron chi connectivity index (χ2n) is 3.85. The molecule has 2 aliphatic carbocycles. The van der Waals surface area contributed by atoms with Gasteiger partial charge in [0.2, 0.25) is 0 Å². The van der Waals surface area contributed by atoms with Gasteiger partial charge in [0.1, 0.15) is 5.78 Å². The van der Waals surface area contributed by atoms with Gasteiger partial charge in [-0.3, -0.25) is 4.79 Å². The first-order chi connectivity index (χ1) is 4.79. The van der Waals surface area contributed by atoms with Gasteiger partial charge in [-0.15, -0.1) is 0 Å². The summed E-state index contributed by atoms with van der Waals surface area (Å²) in [5.41, 5.74) is 0. The van der Waals surface area contributed by atoms with E-state index in [1.165, 1.54) is 19.3 Å². The number of ketones is 1. The third-order valence-electron chi connectivity index (χ3n) is 3.24. The molecule has 0 spiro atoms. The van der Waals surface area contributed by atoms with Crippen LogP contribution in [-0.4, -0.2) is 5.78 Å². The highest BCUT2D eigenvalue weighted by molar-refractivity contribution is 5.84. The van der Waals surface area contributed by atoms with Crippen molar-refractivity contribution in [1.29, 1.82) is 0 Å². The number of hydrogen-bond acceptors (Lipinski definition) is 1. The molecule has 2 fully saturated rings. The first kappa shape index (κ1) is 6.38. The van der Waals surface area contributed by atoms with Gasteiger partial charge in [-0.2, -0.15) is 0 Å². The van der Waals surface area contributed by atoms with Crippen LogP contribution in [0.4, 0.5) is 0 Å². The number of fused-ring (bicyclic) bond motifs is 1. The molecule has 0 bridgehead atoms. The fourth-order valence-corrected chi connectivity index (χ4v) is 2.69. The standard InChI is InChI=1S/C9H14O/c1-6-5-9(10)8-4-2-3-7(6)8/h6-8H,2-5H2,1H3/t6-,7+,8+/m0/s1. The van der Waals surface area contributed by atoms with Crippen LogP contribution in [-0.2, 0) is 4.79 Å². The molecule has 10 heavy (non-hydrogen) atoms. The smallest absolute Gasteiger partial charge is 0.136 e. The van der Waals surface area contributed by atoms with Crippen molar-refractivity contribution in [3.63, 3.8) is 0 Å². The number of carbonyl (C=O) groups is 1. The predicted octanol–water partition coefficient (Wildman–Crippen LogP) is 2.01. The molecular formula is C9H14O. The third kappa shape index (κ3) is 0.727. The van der Waals surface area contributed by atoms with Crippen LogP contribution in [0.5, 0.6) is 0 Å². The molecule has 1 nitrogen and oxygen atoms in total. The highest BCUT2D eigenvalue weighted by Crippen LogP contribution is 2.44. The molecule has 2 saturated carbocycles.